The zero-order valence-corrected chi connectivity index (χ0v) is 8.02. The molecule has 72 valence electrons. The number of nitriles is 2. The summed E-state index contributed by atoms with van der Waals surface area (Å²) >= 11 is 0. The minimum Gasteiger partial charge on any atom is -0.282 e. The third kappa shape index (κ3) is 1.11. The van der Waals surface area contributed by atoms with Gasteiger partial charge in [-0.3, -0.25) is 5.41 Å². The number of hydrogen-bond acceptors (Lipinski definition) is 3. The predicted molar refractivity (Wildman–Crippen MR) is 52.5 cm³/mol. The summed E-state index contributed by atoms with van der Waals surface area (Å²) in [5, 5.41) is 26.0. The molecule has 0 aliphatic carbocycles. The molecule has 1 aromatic carbocycles. The van der Waals surface area contributed by atoms with Crippen LogP contribution in [0.5, 0.6) is 0 Å². The van der Waals surface area contributed by atoms with Gasteiger partial charge in [0.2, 0.25) is 12.4 Å². The van der Waals surface area contributed by atoms with Gasteiger partial charge in [-0.2, -0.15) is 19.9 Å². The largest absolute Gasteiger partial charge is 0.282 e. The number of hydrogen-bond donors (Lipinski definition) is 1. The van der Waals surface area contributed by atoms with E-state index in [2.05, 4.69) is 0 Å². The first-order valence-corrected chi connectivity index (χ1v) is 4.28. The van der Waals surface area contributed by atoms with E-state index in [-0.39, 0.29) is 5.49 Å². The monoisotopic (exact) mass is 197 g/mol. The third-order valence-electron chi connectivity index (χ3n) is 2.24. The van der Waals surface area contributed by atoms with Crippen LogP contribution >= 0.6 is 0 Å². The van der Waals surface area contributed by atoms with E-state index in [1.165, 1.54) is 0 Å². The first kappa shape index (κ1) is 9.04. The van der Waals surface area contributed by atoms with Crippen molar-refractivity contribution < 1.29 is 0 Å². The lowest BCUT2D eigenvalue weighted by atomic mass is 10.2. The van der Waals surface area contributed by atoms with Crippen LogP contribution in [0, 0.1) is 35.2 Å². The van der Waals surface area contributed by atoms with Gasteiger partial charge in [-0.05, 0) is 19.1 Å². The second kappa shape index (κ2) is 3.00. The lowest BCUT2D eigenvalue weighted by molar-refractivity contribution is 0.745. The average molecular weight is 197 g/mol. The highest BCUT2D eigenvalue weighted by molar-refractivity contribution is 5.80. The zero-order chi connectivity index (χ0) is 11.0. The molecule has 0 atom stereocenters. The van der Waals surface area contributed by atoms with Crippen molar-refractivity contribution >= 4 is 10.9 Å². The van der Waals surface area contributed by atoms with Crippen molar-refractivity contribution in [3.8, 4) is 12.4 Å². The first-order chi connectivity index (χ1) is 7.19. The predicted octanol–water partition coefficient (Wildman–Crippen LogP) is 0.889. The number of rotatable bonds is 0. The molecule has 2 aromatic rings. The van der Waals surface area contributed by atoms with Gasteiger partial charge in [0.1, 0.15) is 0 Å². The van der Waals surface area contributed by atoms with Crippen molar-refractivity contribution in [2.75, 3.05) is 0 Å². The van der Waals surface area contributed by atoms with Crippen molar-refractivity contribution in [2.45, 2.75) is 6.92 Å². The number of benzene rings is 1. The Morgan fingerprint density at radius 1 is 1.20 bits per heavy atom. The molecule has 5 nitrogen and oxygen atoms in total. The van der Waals surface area contributed by atoms with Gasteiger partial charge in [-0.15, -0.1) is 0 Å². The molecule has 0 bridgehead atoms. The van der Waals surface area contributed by atoms with E-state index in [1.807, 2.05) is 19.2 Å². The van der Waals surface area contributed by atoms with E-state index in [4.69, 9.17) is 15.9 Å². The molecule has 0 saturated heterocycles. The van der Waals surface area contributed by atoms with Gasteiger partial charge in [0.15, 0.2) is 5.49 Å². The average Bonchev–Trinajstić information content (AvgIpc) is 2.51. The lowest BCUT2D eigenvalue weighted by Gasteiger charge is -1.94. The molecule has 0 spiro atoms. The summed E-state index contributed by atoms with van der Waals surface area (Å²) < 4.78 is 2.07. The zero-order valence-electron chi connectivity index (χ0n) is 8.02. The Bertz CT molecular complexity index is 675. The molecule has 15 heavy (non-hydrogen) atoms. The maximum absolute atomic E-state index is 8.89. The lowest BCUT2D eigenvalue weighted by Crippen LogP contribution is -2.16. The van der Waals surface area contributed by atoms with Gasteiger partial charge in [-0.25, -0.2) is 0 Å². The Morgan fingerprint density at radius 3 is 2.47 bits per heavy atom. The van der Waals surface area contributed by atoms with Gasteiger partial charge >= 0.3 is 0 Å². The topological polar surface area (TPSA) is 81.3 Å². The van der Waals surface area contributed by atoms with Crippen LogP contribution in [0.15, 0.2) is 18.2 Å². The molecule has 1 heterocycles. The van der Waals surface area contributed by atoms with Crippen LogP contribution in [0.1, 0.15) is 5.56 Å². The van der Waals surface area contributed by atoms with E-state index >= 15 is 0 Å². The number of fused-ring (bicyclic) bond motifs is 1. The standard InChI is InChI=1S/C10H7N5/c1-7-2-3-9-8(4-7)10(13)15(6-12)14(9)5-11/h2-4,13H,1H3. The Morgan fingerprint density at radius 2 is 1.87 bits per heavy atom. The summed E-state index contributed by atoms with van der Waals surface area (Å²) in [5.74, 6) is 0. The van der Waals surface area contributed by atoms with Crippen LogP contribution < -0.4 is 5.49 Å². The smallest absolute Gasteiger partial charge is 0.207 e. The molecule has 5 heteroatoms. The van der Waals surface area contributed by atoms with Crippen molar-refractivity contribution in [1.29, 1.82) is 15.9 Å². The van der Waals surface area contributed by atoms with E-state index in [1.54, 1.807) is 18.3 Å². The molecular weight excluding hydrogens is 190 g/mol. The van der Waals surface area contributed by atoms with Crippen molar-refractivity contribution in [1.82, 2.24) is 9.36 Å². The molecule has 0 fully saturated rings. The maximum atomic E-state index is 8.89. The van der Waals surface area contributed by atoms with Crippen LogP contribution in [-0.2, 0) is 0 Å². The molecular formula is C10H7N5. The molecule has 1 aromatic heterocycles. The molecule has 0 radical (unpaired) electrons. The fourth-order valence-electron chi connectivity index (χ4n) is 1.54. The van der Waals surface area contributed by atoms with Gasteiger partial charge in [0, 0.05) is 5.39 Å². The van der Waals surface area contributed by atoms with E-state index in [0.717, 1.165) is 14.9 Å². The van der Waals surface area contributed by atoms with Gasteiger partial charge in [-0.1, -0.05) is 11.6 Å². The van der Waals surface area contributed by atoms with Crippen molar-refractivity contribution in [3.63, 3.8) is 0 Å². The van der Waals surface area contributed by atoms with Crippen molar-refractivity contribution in [2.24, 2.45) is 0 Å². The first-order valence-electron chi connectivity index (χ1n) is 4.28. The highest BCUT2D eigenvalue weighted by Gasteiger charge is 2.09. The summed E-state index contributed by atoms with van der Waals surface area (Å²) in [6.45, 7) is 1.90. The fraction of sp³-hybridized carbons (Fsp3) is 0.100. The fourth-order valence-corrected chi connectivity index (χ4v) is 1.54. The summed E-state index contributed by atoms with van der Waals surface area (Å²) in [6, 6.07) is 5.37. The summed E-state index contributed by atoms with van der Waals surface area (Å²) in [5.41, 5.74) is 1.61. The maximum Gasteiger partial charge on any atom is 0.207 e. The minimum absolute atomic E-state index is 0.0396. The number of aromatic nitrogens is 2. The third-order valence-corrected chi connectivity index (χ3v) is 2.24. The van der Waals surface area contributed by atoms with Crippen LogP contribution in [0.25, 0.3) is 10.9 Å². The Kier molecular flexibility index (Phi) is 1.81. The van der Waals surface area contributed by atoms with E-state index < -0.39 is 0 Å². The quantitative estimate of drug-likeness (QED) is 0.680. The molecule has 0 aliphatic heterocycles. The van der Waals surface area contributed by atoms with E-state index in [9.17, 15) is 0 Å². The number of nitrogens with one attached hydrogen (secondary N) is 1. The van der Waals surface area contributed by atoms with Gasteiger partial charge in [0.05, 0.1) is 5.52 Å². The Hall–Kier alpha value is -2.53. The van der Waals surface area contributed by atoms with Crippen LogP contribution in [0.2, 0.25) is 0 Å². The SMILES string of the molecule is Cc1ccc2c(c1)c(=N)n(C#N)n2C#N. The molecule has 0 aliphatic rings. The molecule has 0 unspecified atom stereocenters. The minimum atomic E-state index is 0.0396. The van der Waals surface area contributed by atoms with Crippen LogP contribution in [0.3, 0.4) is 0 Å². The Balaban J connectivity index is 3.08. The normalized spacial score (nSPS) is 9.80. The summed E-state index contributed by atoms with van der Waals surface area (Å²) in [4.78, 5) is 0. The highest BCUT2D eigenvalue weighted by atomic mass is 15.4. The van der Waals surface area contributed by atoms with Crippen molar-refractivity contribution in [3.05, 3.63) is 29.3 Å². The van der Waals surface area contributed by atoms with E-state index in [0.29, 0.717) is 10.9 Å². The Labute approximate surface area is 85.5 Å². The highest BCUT2D eigenvalue weighted by Crippen LogP contribution is 2.12. The molecule has 1 N–H and O–H groups in total. The molecule has 2 rings (SSSR count). The second-order valence-corrected chi connectivity index (χ2v) is 3.19. The van der Waals surface area contributed by atoms with Gasteiger partial charge < -0.3 is 0 Å². The van der Waals surface area contributed by atoms with Crippen LogP contribution in [-0.4, -0.2) is 9.36 Å². The second-order valence-electron chi connectivity index (χ2n) is 3.19. The number of nitrogens with zero attached hydrogens (tertiary/aromatic N) is 4. The summed E-state index contributed by atoms with van der Waals surface area (Å²) in [6.07, 6.45) is 3.66. The van der Waals surface area contributed by atoms with Gasteiger partial charge in [0.25, 0.3) is 0 Å². The number of aryl methyl sites for hydroxylation is 1. The summed E-state index contributed by atoms with van der Waals surface area (Å²) in [7, 11) is 0. The molecule has 0 amide bonds. The van der Waals surface area contributed by atoms with Crippen LogP contribution in [0.4, 0.5) is 0 Å². The molecule has 0 saturated carbocycles.